The monoisotopic (exact) mass is 445 g/mol. The number of amides is 1. The zero-order valence-electron chi connectivity index (χ0n) is 14.8. The van der Waals surface area contributed by atoms with E-state index >= 15 is 0 Å². The number of halogens is 1. The van der Waals surface area contributed by atoms with Gasteiger partial charge in [0.05, 0.1) is 23.2 Å². The number of piperazine rings is 1. The summed E-state index contributed by atoms with van der Waals surface area (Å²) in [6.07, 6.45) is 0.407. The summed E-state index contributed by atoms with van der Waals surface area (Å²) in [5.74, 6) is 0.955. The van der Waals surface area contributed by atoms with Crippen LogP contribution in [0.2, 0.25) is 0 Å². The Balaban J connectivity index is 1.28. The van der Waals surface area contributed by atoms with E-state index in [0.717, 1.165) is 47.0 Å². The van der Waals surface area contributed by atoms with E-state index in [1.165, 1.54) is 4.70 Å². The van der Waals surface area contributed by atoms with E-state index in [4.69, 9.17) is 9.72 Å². The van der Waals surface area contributed by atoms with Gasteiger partial charge in [0.15, 0.2) is 5.13 Å². The minimum absolute atomic E-state index is 0.152. The topological polar surface area (TPSA) is 45.7 Å². The second kappa shape index (κ2) is 8.27. The smallest absolute Gasteiger partial charge is 0.226 e. The van der Waals surface area contributed by atoms with Gasteiger partial charge in [-0.1, -0.05) is 45.5 Å². The molecule has 0 radical (unpaired) electrons. The van der Waals surface area contributed by atoms with E-state index < -0.39 is 0 Å². The highest BCUT2D eigenvalue weighted by Gasteiger charge is 2.23. The molecule has 0 bridgehead atoms. The molecule has 1 aliphatic heterocycles. The van der Waals surface area contributed by atoms with Gasteiger partial charge in [0.2, 0.25) is 5.91 Å². The fourth-order valence-corrected chi connectivity index (χ4v) is 4.67. The Hall–Kier alpha value is -2.12. The van der Waals surface area contributed by atoms with Crippen LogP contribution in [0.1, 0.15) is 6.42 Å². The molecule has 1 saturated heterocycles. The molecule has 3 aromatic rings. The summed E-state index contributed by atoms with van der Waals surface area (Å²) in [5, 5.41) is 1.03. The van der Waals surface area contributed by atoms with Crippen LogP contribution in [0, 0.1) is 0 Å². The fourth-order valence-electron chi connectivity index (χ4n) is 3.10. The SMILES string of the molecule is O=C(CCOc1ccccc1)N1CCN(c2nc3ccc(Br)cc3s2)CC1. The number of hydrogen-bond donors (Lipinski definition) is 0. The number of carbonyl (C=O) groups excluding carboxylic acids is 1. The Kier molecular flexibility index (Phi) is 5.59. The van der Waals surface area contributed by atoms with Gasteiger partial charge >= 0.3 is 0 Å². The molecule has 0 saturated carbocycles. The van der Waals surface area contributed by atoms with E-state index in [0.29, 0.717) is 13.0 Å². The first kappa shape index (κ1) is 18.3. The molecular formula is C20H20BrN3O2S. The molecule has 0 aliphatic carbocycles. The second-order valence-corrected chi connectivity index (χ2v) is 8.31. The van der Waals surface area contributed by atoms with Crippen molar-refractivity contribution in [2.75, 3.05) is 37.7 Å². The van der Waals surface area contributed by atoms with Gasteiger partial charge in [-0.05, 0) is 30.3 Å². The Morgan fingerprint density at radius 1 is 1.11 bits per heavy atom. The number of hydrogen-bond acceptors (Lipinski definition) is 5. The van der Waals surface area contributed by atoms with Gasteiger partial charge in [0.1, 0.15) is 5.75 Å². The number of rotatable bonds is 5. The second-order valence-electron chi connectivity index (χ2n) is 6.39. The van der Waals surface area contributed by atoms with Crippen LogP contribution in [0.4, 0.5) is 5.13 Å². The zero-order valence-corrected chi connectivity index (χ0v) is 17.2. The number of ether oxygens (including phenoxy) is 1. The number of carbonyl (C=O) groups is 1. The molecule has 2 heterocycles. The number of para-hydroxylation sites is 1. The van der Waals surface area contributed by atoms with Crippen LogP contribution in [-0.2, 0) is 4.79 Å². The quantitative estimate of drug-likeness (QED) is 0.590. The van der Waals surface area contributed by atoms with E-state index in [-0.39, 0.29) is 5.91 Å². The summed E-state index contributed by atoms with van der Waals surface area (Å²) < 4.78 is 7.88. The molecule has 4 rings (SSSR count). The highest BCUT2D eigenvalue weighted by atomic mass is 79.9. The lowest BCUT2D eigenvalue weighted by Crippen LogP contribution is -2.49. The van der Waals surface area contributed by atoms with Gasteiger partial charge < -0.3 is 14.5 Å². The average molecular weight is 446 g/mol. The molecule has 7 heteroatoms. The highest BCUT2D eigenvalue weighted by Crippen LogP contribution is 2.31. The van der Waals surface area contributed by atoms with Gasteiger partial charge in [0.25, 0.3) is 0 Å². The largest absolute Gasteiger partial charge is 0.493 e. The van der Waals surface area contributed by atoms with Crippen molar-refractivity contribution in [1.82, 2.24) is 9.88 Å². The molecule has 2 aromatic carbocycles. The van der Waals surface area contributed by atoms with Gasteiger partial charge in [-0.3, -0.25) is 4.79 Å². The third-order valence-corrected chi connectivity index (χ3v) is 6.14. The number of anilines is 1. The number of nitrogens with zero attached hydrogens (tertiary/aromatic N) is 3. The lowest BCUT2D eigenvalue weighted by atomic mass is 10.3. The van der Waals surface area contributed by atoms with Crippen LogP contribution in [-0.4, -0.2) is 48.6 Å². The normalized spacial score (nSPS) is 14.6. The summed E-state index contributed by atoms with van der Waals surface area (Å²) in [4.78, 5) is 21.3. The van der Waals surface area contributed by atoms with Crippen molar-refractivity contribution < 1.29 is 9.53 Å². The third-order valence-electron chi connectivity index (χ3n) is 4.57. The highest BCUT2D eigenvalue weighted by molar-refractivity contribution is 9.10. The van der Waals surface area contributed by atoms with Crippen molar-refractivity contribution in [2.24, 2.45) is 0 Å². The minimum Gasteiger partial charge on any atom is -0.493 e. The molecule has 27 heavy (non-hydrogen) atoms. The molecule has 1 aliphatic rings. The number of benzene rings is 2. The maximum absolute atomic E-state index is 12.4. The molecule has 1 aromatic heterocycles. The van der Waals surface area contributed by atoms with Crippen molar-refractivity contribution in [1.29, 1.82) is 0 Å². The lowest BCUT2D eigenvalue weighted by molar-refractivity contribution is -0.132. The summed E-state index contributed by atoms with van der Waals surface area (Å²) >= 11 is 5.21. The van der Waals surface area contributed by atoms with Crippen molar-refractivity contribution in [3.8, 4) is 5.75 Å². The first-order chi connectivity index (χ1) is 13.2. The number of thiazole rings is 1. The van der Waals surface area contributed by atoms with Crippen LogP contribution >= 0.6 is 27.3 Å². The van der Waals surface area contributed by atoms with Crippen LogP contribution in [0.25, 0.3) is 10.2 Å². The summed E-state index contributed by atoms with van der Waals surface area (Å²) in [7, 11) is 0. The standard InChI is InChI=1S/C20H20BrN3O2S/c21-15-6-7-17-18(14-15)27-20(22-17)24-11-9-23(10-12-24)19(25)8-13-26-16-4-2-1-3-5-16/h1-7,14H,8-13H2. The molecule has 0 atom stereocenters. The first-order valence-corrected chi connectivity index (χ1v) is 10.6. The molecule has 0 spiro atoms. The van der Waals surface area contributed by atoms with Gasteiger partial charge in [-0.15, -0.1) is 0 Å². The van der Waals surface area contributed by atoms with Gasteiger partial charge in [-0.2, -0.15) is 0 Å². The molecule has 0 unspecified atom stereocenters. The Labute approximate surface area is 170 Å². The zero-order chi connectivity index (χ0) is 18.6. The Bertz CT molecular complexity index is 923. The Morgan fingerprint density at radius 2 is 1.89 bits per heavy atom. The van der Waals surface area contributed by atoms with Crippen molar-refractivity contribution in [3.05, 3.63) is 53.0 Å². The average Bonchev–Trinajstić information content (AvgIpc) is 3.12. The molecule has 1 fully saturated rings. The summed E-state index contributed by atoms with van der Waals surface area (Å²) in [6, 6.07) is 15.8. The first-order valence-electron chi connectivity index (χ1n) is 8.96. The van der Waals surface area contributed by atoms with Crippen molar-refractivity contribution in [3.63, 3.8) is 0 Å². The van der Waals surface area contributed by atoms with Gasteiger partial charge in [-0.25, -0.2) is 4.98 Å². The van der Waals surface area contributed by atoms with Crippen molar-refractivity contribution in [2.45, 2.75) is 6.42 Å². The fraction of sp³-hybridized carbons (Fsp3) is 0.300. The molecule has 5 nitrogen and oxygen atoms in total. The van der Waals surface area contributed by atoms with Crippen LogP contribution < -0.4 is 9.64 Å². The minimum atomic E-state index is 0.152. The van der Waals surface area contributed by atoms with Gasteiger partial charge in [0, 0.05) is 30.7 Å². The maximum atomic E-state index is 12.4. The lowest BCUT2D eigenvalue weighted by Gasteiger charge is -2.34. The molecule has 0 N–H and O–H groups in total. The van der Waals surface area contributed by atoms with E-state index in [1.807, 2.05) is 47.4 Å². The van der Waals surface area contributed by atoms with E-state index in [1.54, 1.807) is 11.3 Å². The summed E-state index contributed by atoms with van der Waals surface area (Å²) in [5.41, 5.74) is 1.02. The number of fused-ring (bicyclic) bond motifs is 1. The molecule has 140 valence electrons. The van der Waals surface area contributed by atoms with Crippen LogP contribution in [0.5, 0.6) is 5.75 Å². The molecule has 1 amide bonds. The summed E-state index contributed by atoms with van der Waals surface area (Å²) in [6.45, 7) is 3.49. The van der Waals surface area contributed by atoms with Crippen LogP contribution in [0.15, 0.2) is 53.0 Å². The third kappa shape index (κ3) is 4.42. The Morgan fingerprint density at radius 3 is 2.67 bits per heavy atom. The maximum Gasteiger partial charge on any atom is 0.226 e. The molecular weight excluding hydrogens is 426 g/mol. The number of aromatic nitrogens is 1. The van der Waals surface area contributed by atoms with Crippen LogP contribution in [0.3, 0.4) is 0 Å². The van der Waals surface area contributed by atoms with E-state index in [9.17, 15) is 4.79 Å². The predicted octanol–water partition coefficient (Wildman–Crippen LogP) is 4.18. The van der Waals surface area contributed by atoms with Crippen molar-refractivity contribution >= 4 is 48.5 Å². The van der Waals surface area contributed by atoms with E-state index in [2.05, 4.69) is 26.9 Å². The predicted molar refractivity (Wildman–Crippen MR) is 113 cm³/mol.